The van der Waals surface area contributed by atoms with Gasteiger partial charge in [0.15, 0.2) is 11.6 Å². The first-order chi connectivity index (χ1) is 9.74. The van der Waals surface area contributed by atoms with Gasteiger partial charge in [-0.3, -0.25) is 0 Å². The van der Waals surface area contributed by atoms with Crippen LogP contribution in [0.3, 0.4) is 0 Å². The molecule has 3 rings (SSSR count). The van der Waals surface area contributed by atoms with Crippen molar-refractivity contribution in [2.75, 3.05) is 0 Å². The van der Waals surface area contributed by atoms with E-state index in [0.717, 1.165) is 10.8 Å². The molecule has 0 aliphatic heterocycles. The molecule has 0 atom stereocenters. The van der Waals surface area contributed by atoms with E-state index in [1.165, 1.54) is 6.20 Å². The van der Waals surface area contributed by atoms with Crippen LogP contribution in [0.1, 0.15) is 0 Å². The minimum Gasteiger partial charge on any atom is -0.505 e. The molecule has 1 aromatic heterocycles. The molecule has 0 amide bonds. The van der Waals surface area contributed by atoms with Crippen LogP contribution < -0.4 is 0 Å². The van der Waals surface area contributed by atoms with Gasteiger partial charge in [-0.15, -0.1) is 10.2 Å². The number of nitrogens with zero attached hydrogens (tertiary/aromatic N) is 3. The van der Waals surface area contributed by atoms with Crippen LogP contribution in [0, 0.1) is 0 Å². The Kier molecular flexibility index (Phi) is 3.31. The van der Waals surface area contributed by atoms with Gasteiger partial charge in [-0.1, -0.05) is 41.9 Å². The lowest BCUT2D eigenvalue weighted by molar-refractivity contribution is 0.482. The fraction of sp³-hybridized carbons (Fsp3) is 0. The Balaban J connectivity index is 1.98. The highest BCUT2D eigenvalue weighted by molar-refractivity contribution is 6.30. The van der Waals surface area contributed by atoms with Gasteiger partial charge in [-0.2, -0.15) is 0 Å². The van der Waals surface area contributed by atoms with Gasteiger partial charge in [0.1, 0.15) is 5.69 Å². The third-order valence-electron chi connectivity index (χ3n) is 2.85. The molecule has 0 fully saturated rings. The summed E-state index contributed by atoms with van der Waals surface area (Å²) >= 11 is 5.74. The molecule has 1 heterocycles. The number of pyridine rings is 1. The molecule has 0 aliphatic rings. The summed E-state index contributed by atoms with van der Waals surface area (Å²) in [6, 6.07) is 14.5. The lowest BCUT2D eigenvalue weighted by atomic mass is 10.1. The summed E-state index contributed by atoms with van der Waals surface area (Å²) in [6.45, 7) is 0. The maximum absolute atomic E-state index is 10.2. The predicted molar refractivity (Wildman–Crippen MR) is 79.0 cm³/mol. The smallest absolute Gasteiger partial charge is 0.174 e. The maximum Gasteiger partial charge on any atom is 0.174 e. The highest BCUT2D eigenvalue weighted by Crippen LogP contribution is 2.35. The van der Waals surface area contributed by atoms with Gasteiger partial charge < -0.3 is 5.11 Å². The molecule has 0 saturated heterocycles. The van der Waals surface area contributed by atoms with E-state index < -0.39 is 0 Å². The van der Waals surface area contributed by atoms with Crippen molar-refractivity contribution in [2.24, 2.45) is 10.2 Å². The quantitative estimate of drug-likeness (QED) is 0.672. The number of rotatable bonds is 2. The second-order valence-electron chi connectivity index (χ2n) is 4.19. The van der Waals surface area contributed by atoms with Crippen LogP contribution in [-0.2, 0) is 0 Å². The molecule has 98 valence electrons. The van der Waals surface area contributed by atoms with Gasteiger partial charge in [0.05, 0.1) is 5.02 Å². The van der Waals surface area contributed by atoms with Gasteiger partial charge in [-0.25, -0.2) is 4.98 Å². The van der Waals surface area contributed by atoms with E-state index in [1.54, 1.807) is 18.2 Å². The largest absolute Gasteiger partial charge is 0.505 e. The summed E-state index contributed by atoms with van der Waals surface area (Å²) in [7, 11) is 0. The summed E-state index contributed by atoms with van der Waals surface area (Å²) < 4.78 is 0. The highest BCUT2D eigenvalue weighted by Gasteiger charge is 2.05. The fourth-order valence-electron chi connectivity index (χ4n) is 1.86. The van der Waals surface area contributed by atoms with E-state index in [0.29, 0.717) is 16.5 Å². The van der Waals surface area contributed by atoms with Crippen LogP contribution in [0.15, 0.2) is 65.0 Å². The van der Waals surface area contributed by atoms with Crippen LogP contribution in [0.4, 0.5) is 11.5 Å². The van der Waals surface area contributed by atoms with Crippen molar-refractivity contribution in [3.05, 3.63) is 59.8 Å². The predicted octanol–water partition coefficient (Wildman–Crippen LogP) is 5.01. The summed E-state index contributed by atoms with van der Waals surface area (Å²) in [4.78, 5) is 4.01. The van der Waals surface area contributed by atoms with Crippen LogP contribution >= 0.6 is 11.6 Å². The van der Waals surface area contributed by atoms with Crippen LogP contribution in [0.2, 0.25) is 5.02 Å². The number of fused-ring (bicyclic) bond motifs is 1. The molecule has 0 aliphatic carbocycles. The maximum atomic E-state index is 10.2. The summed E-state index contributed by atoms with van der Waals surface area (Å²) in [5, 5.41) is 20.4. The number of azo groups is 1. The lowest BCUT2D eigenvalue weighted by Gasteiger charge is -2.02. The Bertz CT molecular complexity index is 785. The third-order valence-corrected chi connectivity index (χ3v) is 3.07. The van der Waals surface area contributed by atoms with E-state index in [2.05, 4.69) is 15.2 Å². The number of hydrogen-bond acceptors (Lipinski definition) is 4. The lowest BCUT2D eigenvalue weighted by Crippen LogP contribution is -1.75. The Labute approximate surface area is 120 Å². The minimum atomic E-state index is 0.112. The van der Waals surface area contributed by atoms with Gasteiger partial charge in [0.25, 0.3) is 0 Å². The number of aromatic hydroxyl groups is 1. The number of phenolic OH excluding ortho intramolecular Hbond substituents is 1. The van der Waals surface area contributed by atoms with Crippen molar-refractivity contribution in [3.8, 4) is 5.75 Å². The molecule has 4 nitrogen and oxygen atoms in total. The second kappa shape index (κ2) is 5.27. The molecular formula is C15H10ClN3O. The van der Waals surface area contributed by atoms with Crippen molar-refractivity contribution in [1.82, 2.24) is 4.98 Å². The molecule has 20 heavy (non-hydrogen) atoms. The first-order valence-electron chi connectivity index (χ1n) is 5.98. The zero-order chi connectivity index (χ0) is 13.9. The van der Waals surface area contributed by atoms with Crippen molar-refractivity contribution in [1.29, 1.82) is 0 Å². The van der Waals surface area contributed by atoms with Crippen LogP contribution in [-0.4, -0.2) is 10.1 Å². The molecule has 3 aromatic rings. The second-order valence-corrected chi connectivity index (χ2v) is 4.63. The molecule has 2 aromatic carbocycles. The monoisotopic (exact) mass is 283 g/mol. The van der Waals surface area contributed by atoms with Gasteiger partial charge in [0.2, 0.25) is 0 Å². The van der Waals surface area contributed by atoms with Gasteiger partial charge in [-0.05, 0) is 23.6 Å². The van der Waals surface area contributed by atoms with Gasteiger partial charge in [0, 0.05) is 11.6 Å². The Morgan fingerprint density at radius 2 is 1.80 bits per heavy atom. The highest BCUT2D eigenvalue weighted by atomic mass is 35.5. The zero-order valence-electron chi connectivity index (χ0n) is 10.4. The SMILES string of the molecule is Oc1c(N=Nc2ccc(Cl)cn2)ccc2ccccc12. The Morgan fingerprint density at radius 3 is 2.60 bits per heavy atom. The van der Waals surface area contributed by atoms with Gasteiger partial charge >= 0.3 is 0 Å². The average Bonchev–Trinajstić information content (AvgIpc) is 2.49. The summed E-state index contributed by atoms with van der Waals surface area (Å²) in [5.41, 5.74) is 0.403. The van der Waals surface area contributed by atoms with Crippen LogP contribution in [0.25, 0.3) is 10.8 Å². The first kappa shape index (κ1) is 12.6. The van der Waals surface area contributed by atoms with E-state index in [1.807, 2.05) is 30.3 Å². The fourth-order valence-corrected chi connectivity index (χ4v) is 1.97. The molecular weight excluding hydrogens is 274 g/mol. The minimum absolute atomic E-state index is 0.112. The van der Waals surface area contributed by atoms with E-state index in [-0.39, 0.29) is 5.75 Å². The third kappa shape index (κ3) is 2.46. The zero-order valence-corrected chi connectivity index (χ0v) is 11.1. The first-order valence-corrected chi connectivity index (χ1v) is 6.36. The van der Waals surface area contributed by atoms with Crippen molar-refractivity contribution >= 4 is 33.9 Å². The standard InChI is InChI=1S/C15H10ClN3O/c16-11-6-8-14(17-9-11)19-18-13-7-5-10-3-1-2-4-12(10)15(13)20/h1-9,20H. The molecule has 5 heteroatoms. The summed E-state index contributed by atoms with van der Waals surface area (Å²) in [5.74, 6) is 0.544. The van der Waals surface area contributed by atoms with Crippen molar-refractivity contribution in [3.63, 3.8) is 0 Å². The topological polar surface area (TPSA) is 57.8 Å². The van der Waals surface area contributed by atoms with E-state index >= 15 is 0 Å². The van der Waals surface area contributed by atoms with Crippen LogP contribution in [0.5, 0.6) is 5.75 Å². The number of hydrogen-bond donors (Lipinski definition) is 1. The number of aromatic nitrogens is 1. The van der Waals surface area contributed by atoms with E-state index in [9.17, 15) is 5.11 Å². The van der Waals surface area contributed by atoms with Crippen molar-refractivity contribution < 1.29 is 5.11 Å². The normalized spacial score (nSPS) is 11.2. The number of halogens is 1. The van der Waals surface area contributed by atoms with E-state index in [4.69, 9.17) is 11.6 Å². The molecule has 0 spiro atoms. The molecule has 0 unspecified atom stereocenters. The summed E-state index contributed by atoms with van der Waals surface area (Å²) in [6.07, 6.45) is 1.50. The molecule has 0 radical (unpaired) electrons. The molecule has 1 N–H and O–H groups in total. The average molecular weight is 284 g/mol. The Hall–Kier alpha value is -2.46. The Morgan fingerprint density at radius 1 is 0.950 bits per heavy atom. The molecule has 0 bridgehead atoms. The number of benzene rings is 2. The molecule has 0 saturated carbocycles. The number of phenols is 1. The van der Waals surface area contributed by atoms with Crippen molar-refractivity contribution in [2.45, 2.75) is 0 Å².